The summed E-state index contributed by atoms with van der Waals surface area (Å²) in [5, 5.41) is 0. The van der Waals surface area contributed by atoms with Crippen LogP contribution in [0.5, 0.6) is 0 Å². The molecule has 0 spiro atoms. The van der Waals surface area contributed by atoms with Gasteiger partial charge in [-0.05, 0) is 18.1 Å². The van der Waals surface area contributed by atoms with Gasteiger partial charge in [0.05, 0.1) is 12.7 Å². The lowest BCUT2D eigenvalue weighted by atomic mass is 10.1. The Bertz CT molecular complexity index is 316. The molecule has 0 aliphatic carbocycles. The molecule has 0 heterocycles. The fourth-order valence-electron chi connectivity index (χ4n) is 1.16. The number of hydrogen-bond acceptors (Lipinski definition) is 2. The summed E-state index contributed by atoms with van der Waals surface area (Å²) in [6, 6.07) is 7.36. The number of allylic oxidation sites excluding steroid dienone is 1. The summed E-state index contributed by atoms with van der Waals surface area (Å²) in [5.74, 6) is -0.294. The van der Waals surface area contributed by atoms with Crippen LogP contribution < -0.4 is 0 Å². The number of hydrogen-bond donors (Lipinski definition) is 0. The Morgan fingerprint density at radius 3 is 2.85 bits per heavy atom. The van der Waals surface area contributed by atoms with Crippen LogP contribution in [-0.2, 0) is 11.2 Å². The SMILES string of the molecule is C=CCc1ccccc1C(=O)OC. The normalized spacial score (nSPS) is 9.31. The Morgan fingerprint density at radius 2 is 2.23 bits per heavy atom. The summed E-state index contributed by atoms with van der Waals surface area (Å²) in [6.45, 7) is 3.63. The van der Waals surface area contributed by atoms with Crippen LogP contribution in [0.15, 0.2) is 36.9 Å². The Labute approximate surface area is 77.8 Å². The first-order valence-corrected chi connectivity index (χ1v) is 4.06. The molecule has 0 aromatic heterocycles. The van der Waals surface area contributed by atoms with Crippen LogP contribution >= 0.6 is 0 Å². The minimum absolute atomic E-state index is 0.294. The van der Waals surface area contributed by atoms with Crippen LogP contribution in [0.3, 0.4) is 0 Å². The molecule has 0 aliphatic rings. The average Bonchev–Trinajstić information content (AvgIpc) is 2.18. The van der Waals surface area contributed by atoms with Crippen molar-refractivity contribution < 1.29 is 9.53 Å². The predicted octanol–water partition coefficient (Wildman–Crippen LogP) is 2.20. The van der Waals surface area contributed by atoms with Gasteiger partial charge in [0.15, 0.2) is 0 Å². The third-order valence-electron chi connectivity index (χ3n) is 1.79. The van der Waals surface area contributed by atoms with Gasteiger partial charge in [0, 0.05) is 0 Å². The van der Waals surface area contributed by atoms with E-state index in [4.69, 9.17) is 0 Å². The van der Waals surface area contributed by atoms with E-state index in [9.17, 15) is 4.79 Å². The van der Waals surface area contributed by atoms with E-state index < -0.39 is 0 Å². The highest BCUT2D eigenvalue weighted by atomic mass is 16.5. The third kappa shape index (κ3) is 2.18. The van der Waals surface area contributed by atoms with Crippen molar-refractivity contribution in [2.75, 3.05) is 7.11 Å². The first-order valence-electron chi connectivity index (χ1n) is 4.06. The first kappa shape index (κ1) is 9.52. The van der Waals surface area contributed by atoms with Gasteiger partial charge in [-0.25, -0.2) is 4.79 Å². The molecule has 0 unspecified atom stereocenters. The average molecular weight is 176 g/mol. The Balaban J connectivity index is 3.03. The highest BCUT2D eigenvalue weighted by Crippen LogP contribution is 2.10. The second kappa shape index (κ2) is 4.45. The number of benzene rings is 1. The summed E-state index contributed by atoms with van der Waals surface area (Å²) >= 11 is 0. The molecule has 0 fully saturated rings. The van der Waals surface area contributed by atoms with Crippen molar-refractivity contribution in [3.8, 4) is 0 Å². The number of carbonyl (C=O) groups is 1. The molecule has 0 N–H and O–H groups in total. The Morgan fingerprint density at radius 1 is 1.54 bits per heavy atom. The van der Waals surface area contributed by atoms with E-state index in [0.29, 0.717) is 12.0 Å². The van der Waals surface area contributed by atoms with Gasteiger partial charge < -0.3 is 4.74 Å². The van der Waals surface area contributed by atoms with Crippen LogP contribution in [0.2, 0.25) is 0 Å². The minimum atomic E-state index is -0.294. The fraction of sp³-hybridized carbons (Fsp3) is 0.182. The van der Waals surface area contributed by atoms with E-state index >= 15 is 0 Å². The number of rotatable bonds is 3. The molecule has 2 nitrogen and oxygen atoms in total. The second-order valence-electron chi connectivity index (χ2n) is 2.64. The highest BCUT2D eigenvalue weighted by Gasteiger charge is 2.08. The second-order valence-corrected chi connectivity index (χ2v) is 2.64. The lowest BCUT2D eigenvalue weighted by molar-refractivity contribution is 0.0599. The van der Waals surface area contributed by atoms with Crippen LogP contribution in [0.25, 0.3) is 0 Å². The van der Waals surface area contributed by atoms with Crippen molar-refractivity contribution >= 4 is 5.97 Å². The summed E-state index contributed by atoms with van der Waals surface area (Å²) < 4.78 is 4.65. The van der Waals surface area contributed by atoms with Gasteiger partial charge in [0.25, 0.3) is 0 Å². The summed E-state index contributed by atoms with van der Waals surface area (Å²) in [5.41, 5.74) is 1.56. The van der Waals surface area contributed by atoms with Gasteiger partial charge in [0.1, 0.15) is 0 Å². The quantitative estimate of drug-likeness (QED) is 0.521. The van der Waals surface area contributed by atoms with Gasteiger partial charge >= 0.3 is 5.97 Å². The molecule has 0 saturated heterocycles. The topological polar surface area (TPSA) is 26.3 Å². The van der Waals surface area contributed by atoms with Gasteiger partial charge in [-0.15, -0.1) is 6.58 Å². The van der Waals surface area contributed by atoms with Gasteiger partial charge in [0.2, 0.25) is 0 Å². The molecule has 0 saturated carbocycles. The maximum atomic E-state index is 11.3. The smallest absolute Gasteiger partial charge is 0.338 e. The first-order chi connectivity index (χ1) is 6.29. The minimum Gasteiger partial charge on any atom is -0.465 e. The lowest BCUT2D eigenvalue weighted by Gasteiger charge is -2.04. The number of carbonyl (C=O) groups excluding carboxylic acids is 1. The maximum Gasteiger partial charge on any atom is 0.338 e. The Hall–Kier alpha value is -1.57. The number of esters is 1. The van der Waals surface area contributed by atoms with E-state index in [0.717, 1.165) is 5.56 Å². The van der Waals surface area contributed by atoms with Crippen molar-refractivity contribution in [1.82, 2.24) is 0 Å². The molecule has 1 aromatic carbocycles. The van der Waals surface area contributed by atoms with E-state index in [1.807, 2.05) is 18.2 Å². The van der Waals surface area contributed by atoms with Crippen molar-refractivity contribution in [2.24, 2.45) is 0 Å². The molecule has 1 rings (SSSR count). The van der Waals surface area contributed by atoms with Crippen molar-refractivity contribution in [1.29, 1.82) is 0 Å². The monoisotopic (exact) mass is 176 g/mol. The zero-order valence-electron chi connectivity index (χ0n) is 7.62. The molecular formula is C11H12O2. The molecule has 0 radical (unpaired) electrons. The molecule has 13 heavy (non-hydrogen) atoms. The summed E-state index contributed by atoms with van der Waals surface area (Å²) in [7, 11) is 1.38. The predicted molar refractivity (Wildman–Crippen MR) is 51.7 cm³/mol. The van der Waals surface area contributed by atoms with Crippen LogP contribution in [0.1, 0.15) is 15.9 Å². The van der Waals surface area contributed by atoms with Gasteiger partial charge in [-0.1, -0.05) is 24.3 Å². The molecule has 0 bridgehead atoms. The standard InChI is InChI=1S/C11H12O2/c1-3-6-9-7-4-5-8-10(9)11(12)13-2/h3-5,7-8H,1,6H2,2H3. The zero-order chi connectivity index (χ0) is 9.68. The van der Waals surface area contributed by atoms with E-state index in [1.54, 1.807) is 12.1 Å². The van der Waals surface area contributed by atoms with Crippen LogP contribution in [0.4, 0.5) is 0 Å². The van der Waals surface area contributed by atoms with Gasteiger partial charge in [-0.3, -0.25) is 0 Å². The number of methoxy groups -OCH3 is 1. The Kier molecular flexibility index (Phi) is 3.26. The van der Waals surface area contributed by atoms with Crippen LogP contribution in [0, 0.1) is 0 Å². The zero-order valence-corrected chi connectivity index (χ0v) is 7.62. The highest BCUT2D eigenvalue weighted by molar-refractivity contribution is 5.91. The van der Waals surface area contributed by atoms with Crippen molar-refractivity contribution in [3.63, 3.8) is 0 Å². The molecule has 2 heteroatoms. The summed E-state index contributed by atoms with van der Waals surface area (Å²) in [4.78, 5) is 11.3. The van der Waals surface area contributed by atoms with E-state index in [1.165, 1.54) is 7.11 Å². The van der Waals surface area contributed by atoms with Gasteiger partial charge in [-0.2, -0.15) is 0 Å². The largest absolute Gasteiger partial charge is 0.465 e. The van der Waals surface area contributed by atoms with Crippen LogP contribution in [-0.4, -0.2) is 13.1 Å². The molecular weight excluding hydrogens is 164 g/mol. The van der Waals surface area contributed by atoms with Crippen molar-refractivity contribution in [3.05, 3.63) is 48.0 Å². The van der Waals surface area contributed by atoms with E-state index in [2.05, 4.69) is 11.3 Å². The molecule has 0 atom stereocenters. The molecule has 68 valence electrons. The van der Waals surface area contributed by atoms with E-state index in [-0.39, 0.29) is 5.97 Å². The fourth-order valence-corrected chi connectivity index (χ4v) is 1.16. The molecule has 0 aliphatic heterocycles. The lowest BCUT2D eigenvalue weighted by Crippen LogP contribution is -2.04. The third-order valence-corrected chi connectivity index (χ3v) is 1.79. The summed E-state index contributed by atoms with van der Waals surface area (Å²) in [6.07, 6.45) is 2.45. The maximum absolute atomic E-state index is 11.3. The number of ether oxygens (including phenoxy) is 1. The molecule has 1 aromatic rings. The molecule has 0 amide bonds. The van der Waals surface area contributed by atoms with Crippen molar-refractivity contribution in [2.45, 2.75) is 6.42 Å².